The molecule has 1 aliphatic rings. The van der Waals surface area contributed by atoms with Gasteiger partial charge in [-0.25, -0.2) is 0 Å². The second kappa shape index (κ2) is 2.86. The molecule has 7 heteroatoms. The number of anilines is 1. The van der Waals surface area contributed by atoms with Crippen LogP contribution in [0.15, 0.2) is 23.1 Å². The summed E-state index contributed by atoms with van der Waals surface area (Å²) < 4.78 is 33.6. The first-order valence-electron chi connectivity index (χ1n) is 3.84. The monoisotopic (exact) mass is 229 g/mol. The van der Waals surface area contributed by atoms with Crippen LogP contribution >= 0.6 is 0 Å². The molecule has 0 atom stereocenters. The Morgan fingerprint density at radius 3 is 2.47 bits per heavy atom. The summed E-state index contributed by atoms with van der Waals surface area (Å²) >= 11 is 0. The molecule has 0 saturated carbocycles. The van der Waals surface area contributed by atoms with Crippen LogP contribution in [0.1, 0.15) is 10.4 Å². The van der Waals surface area contributed by atoms with Gasteiger partial charge in [-0.05, 0) is 18.2 Å². The predicted molar refractivity (Wildman–Crippen MR) is 47.7 cm³/mol. The van der Waals surface area contributed by atoms with Gasteiger partial charge in [-0.1, -0.05) is 0 Å². The van der Waals surface area contributed by atoms with Crippen molar-refractivity contribution in [2.75, 3.05) is 5.32 Å². The van der Waals surface area contributed by atoms with Crippen molar-refractivity contribution < 1.29 is 21.9 Å². The van der Waals surface area contributed by atoms with Crippen molar-refractivity contribution in [2.45, 2.75) is 4.90 Å². The number of carbonyl (C=O) groups is 2. The van der Waals surface area contributed by atoms with Gasteiger partial charge in [-0.3, -0.25) is 9.59 Å². The SMILES string of the molecule is O=C1Nc2ccc(S(=O)(=O)F)cc2C1=O. The van der Waals surface area contributed by atoms with E-state index in [0.717, 1.165) is 12.1 Å². The maximum Gasteiger partial charge on any atom is 0.332 e. The highest BCUT2D eigenvalue weighted by atomic mass is 32.3. The number of nitrogens with one attached hydrogen (secondary N) is 1. The molecular formula is C8H4FNO4S. The molecule has 1 aromatic carbocycles. The molecule has 0 spiro atoms. The zero-order valence-corrected chi connectivity index (χ0v) is 7.97. The van der Waals surface area contributed by atoms with Crippen molar-refractivity contribution in [1.29, 1.82) is 0 Å². The van der Waals surface area contributed by atoms with E-state index in [2.05, 4.69) is 5.32 Å². The molecule has 5 nitrogen and oxygen atoms in total. The summed E-state index contributed by atoms with van der Waals surface area (Å²) in [5, 5.41) is 2.22. The van der Waals surface area contributed by atoms with E-state index in [0.29, 0.717) is 0 Å². The minimum absolute atomic E-state index is 0.126. The topological polar surface area (TPSA) is 80.3 Å². The van der Waals surface area contributed by atoms with Crippen LogP contribution in [0.4, 0.5) is 9.57 Å². The standard InChI is InChI=1S/C8H4FNO4S/c9-15(13,14)4-1-2-6-5(3-4)7(11)8(12)10-6/h1-3H,(H,10,11,12). The predicted octanol–water partition coefficient (Wildman–Crippen LogP) is 0.480. The number of Topliss-reactive ketones (excluding diaryl/α,β-unsaturated/α-hetero) is 1. The second-order valence-electron chi connectivity index (χ2n) is 2.93. The second-order valence-corrected chi connectivity index (χ2v) is 4.28. The molecule has 1 N–H and O–H groups in total. The Kier molecular flexibility index (Phi) is 1.87. The Morgan fingerprint density at radius 2 is 1.87 bits per heavy atom. The average molecular weight is 229 g/mol. The van der Waals surface area contributed by atoms with E-state index in [4.69, 9.17) is 0 Å². The number of halogens is 1. The summed E-state index contributed by atoms with van der Waals surface area (Å²) in [6.07, 6.45) is 0. The fraction of sp³-hybridized carbons (Fsp3) is 0. The summed E-state index contributed by atoms with van der Waals surface area (Å²) in [5.74, 6) is -1.71. The zero-order chi connectivity index (χ0) is 11.2. The van der Waals surface area contributed by atoms with E-state index < -0.39 is 26.8 Å². The van der Waals surface area contributed by atoms with Gasteiger partial charge < -0.3 is 5.32 Å². The number of rotatable bonds is 1. The molecule has 0 aromatic heterocycles. The molecular weight excluding hydrogens is 225 g/mol. The maximum absolute atomic E-state index is 12.6. The molecule has 1 amide bonds. The van der Waals surface area contributed by atoms with Crippen LogP contribution in [0.2, 0.25) is 0 Å². The van der Waals surface area contributed by atoms with Gasteiger partial charge in [-0.2, -0.15) is 8.42 Å². The van der Waals surface area contributed by atoms with Crippen molar-refractivity contribution in [3.05, 3.63) is 23.8 Å². The number of fused-ring (bicyclic) bond motifs is 1. The first kappa shape index (κ1) is 9.78. The van der Waals surface area contributed by atoms with Crippen molar-refractivity contribution in [3.8, 4) is 0 Å². The summed E-state index contributed by atoms with van der Waals surface area (Å²) in [4.78, 5) is 21.4. The number of ketones is 1. The van der Waals surface area contributed by atoms with E-state index >= 15 is 0 Å². The molecule has 15 heavy (non-hydrogen) atoms. The van der Waals surface area contributed by atoms with Crippen molar-refractivity contribution in [1.82, 2.24) is 0 Å². The van der Waals surface area contributed by atoms with E-state index in [1.165, 1.54) is 6.07 Å². The van der Waals surface area contributed by atoms with Gasteiger partial charge in [0.2, 0.25) is 0 Å². The van der Waals surface area contributed by atoms with Crippen molar-refractivity contribution in [2.24, 2.45) is 0 Å². The molecule has 0 fully saturated rings. The Morgan fingerprint density at radius 1 is 1.20 bits per heavy atom. The number of hydrogen-bond acceptors (Lipinski definition) is 4. The molecule has 0 aliphatic carbocycles. The summed E-state index contributed by atoms with van der Waals surface area (Å²) in [6.45, 7) is 0. The number of benzene rings is 1. The third kappa shape index (κ3) is 1.50. The lowest BCUT2D eigenvalue weighted by molar-refractivity contribution is -0.112. The van der Waals surface area contributed by atoms with Gasteiger partial charge in [0.25, 0.3) is 11.7 Å². The molecule has 0 radical (unpaired) electrons. The van der Waals surface area contributed by atoms with E-state index in [-0.39, 0.29) is 11.3 Å². The van der Waals surface area contributed by atoms with Crippen LogP contribution in [0, 0.1) is 0 Å². The Balaban J connectivity index is 2.64. The van der Waals surface area contributed by atoms with Crippen LogP contribution in [-0.2, 0) is 15.0 Å². The summed E-state index contributed by atoms with van der Waals surface area (Å²) in [5.41, 5.74) is 0.0659. The van der Waals surface area contributed by atoms with Crippen LogP contribution in [0.5, 0.6) is 0 Å². The van der Waals surface area contributed by atoms with E-state index in [1.54, 1.807) is 0 Å². The molecule has 0 bridgehead atoms. The number of amides is 1. The quantitative estimate of drug-likeness (QED) is 0.561. The van der Waals surface area contributed by atoms with Crippen LogP contribution in [0.3, 0.4) is 0 Å². The molecule has 1 aromatic rings. The minimum Gasteiger partial charge on any atom is -0.318 e. The van der Waals surface area contributed by atoms with Crippen molar-refractivity contribution >= 4 is 27.6 Å². The van der Waals surface area contributed by atoms with Crippen molar-refractivity contribution in [3.63, 3.8) is 0 Å². The summed E-state index contributed by atoms with van der Waals surface area (Å²) in [7, 11) is -4.86. The first-order chi connectivity index (χ1) is 6.89. The molecule has 1 aliphatic heterocycles. The molecule has 0 saturated heterocycles. The van der Waals surface area contributed by atoms with E-state index in [1.807, 2.05) is 0 Å². The smallest absolute Gasteiger partial charge is 0.318 e. The largest absolute Gasteiger partial charge is 0.332 e. The number of carbonyl (C=O) groups excluding carboxylic acids is 2. The minimum atomic E-state index is -4.86. The normalized spacial score (nSPS) is 15.0. The lowest BCUT2D eigenvalue weighted by Crippen LogP contribution is -2.12. The Labute approximate surface area is 84.1 Å². The molecule has 2 rings (SSSR count). The van der Waals surface area contributed by atoms with Crippen LogP contribution in [-0.4, -0.2) is 20.1 Å². The first-order valence-corrected chi connectivity index (χ1v) is 5.22. The maximum atomic E-state index is 12.6. The number of hydrogen-bond donors (Lipinski definition) is 1. The van der Waals surface area contributed by atoms with E-state index in [9.17, 15) is 21.9 Å². The molecule has 1 heterocycles. The highest BCUT2D eigenvalue weighted by Gasteiger charge is 2.29. The fourth-order valence-electron chi connectivity index (χ4n) is 1.27. The van der Waals surface area contributed by atoms with Gasteiger partial charge in [0.05, 0.1) is 16.1 Å². The Hall–Kier alpha value is -1.76. The highest BCUT2D eigenvalue weighted by Crippen LogP contribution is 2.26. The lowest BCUT2D eigenvalue weighted by atomic mass is 10.1. The van der Waals surface area contributed by atoms with Gasteiger partial charge in [0.15, 0.2) is 0 Å². The Bertz CT molecular complexity index is 578. The van der Waals surface area contributed by atoms with Gasteiger partial charge in [0, 0.05) is 0 Å². The lowest BCUT2D eigenvalue weighted by Gasteiger charge is -1.98. The van der Waals surface area contributed by atoms with Gasteiger partial charge in [-0.15, -0.1) is 3.89 Å². The average Bonchev–Trinajstić information content (AvgIpc) is 2.41. The summed E-state index contributed by atoms with van der Waals surface area (Å²) in [6, 6.07) is 2.99. The third-order valence-electron chi connectivity index (χ3n) is 1.97. The third-order valence-corrected chi connectivity index (χ3v) is 2.79. The van der Waals surface area contributed by atoms with Gasteiger partial charge in [0.1, 0.15) is 0 Å². The molecule has 0 unspecified atom stereocenters. The van der Waals surface area contributed by atoms with Crippen LogP contribution < -0.4 is 5.32 Å². The zero-order valence-electron chi connectivity index (χ0n) is 7.15. The fourth-order valence-corrected chi connectivity index (χ4v) is 1.76. The van der Waals surface area contributed by atoms with Gasteiger partial charge >= 0.3 is 10.2 Å². The molecule has 78 valence electrons. The van der Waals surface area contributed by atoms with Crippen LogP contribution in [0.25, 0.3) is 0 Å². The highest BCUT2D eigenvalue weighted by molar-refractivity contribution is 7.86.